The van der Waals surface area contributed by atoms with Gasteiger partial charge in [-0.2, -0.15) is 0 Å². The predicted octanol–water partition coefficient (Wildman–Crippen LogP) is 1.74. The average molecular weight is 309 g/mol. The van der Waals surface area contributed by atoms with Crippen LogP contribution in [0.4, 0.5) is 0 Å². The number of esters is 1. The number of hydrazine groups is 1. The average Bonchev–Trinajstić information content (AvgIpc) is 3.14. The highest BCUT2D eigenvalue weighted by atomic mass is 35.5. The molecule has 0 spiro atoms. The lowest BCUT2D eigenvalue weighted by Crippen LogP contribution is -2.31. The normalized spacial score (nSPS) is 14.2. The summed E-state index contributed by atoms with van der Waals surface area (Å²) < 4.78 is 6.61. The molecule has 0 aliphatic carbocycles. The van der Waals surface area contributed by atoms with Gasteiger partial charge in [0.25, 0.3) is 0 Å². The minimum atomic E-state index is -0.394. The molecule has 1 aromatic heterocycles. The second-order valence-corrected chi connectivity index (χ2v) is 4.61. The number of aromatic nitrogens is 2. The van der Waals surface area contributed by atoms with E-state index in [0.717, 1.165) is 11.0 Å². The van der Waals surface area contributed by atoms with E-state index < -0.39 is 5.97 Å². The van der Waals surface area contributed by atoms with Gasteiger partial charge < -0.3 is 14.1 Å². The molecular weight excluding hydrogens is 296 g/mol. The highest BCUT2D eigenvalue weighted by molar-refractivity contribution is 6.16. The van der Waals surface area contributed by atoms with Crippen LogP contribution in [0.2, 0.25) is 0 Å². The van der Waals surface area contributed by atoms with Gasteiger partial charge in [0, 0.05) is 0 Å². The van der Waals surface area contributed by atoms with Crippen LogP contribution in [0.3, 0.4) is 0 Å². The Kier molecular flexibility index (Phi) is 3.68. The molecule has 1 aromatic carbocycles. The zero-order valence-corrected chi connectivity index (χ0v) is 12.0. The first-order valence-electron chi connectivity index (χ1n) is 6.22. The zero-order valence-electron chi connectivity index (χ0n) is 11.2. The smallest absolute Gasteiger partial charge is 0.337 e. The molecule has 8 heteroatoms. The molecule has 0 bridgehead atoms. The number of hydrogen-bond donors (Lipinski definition) is 1. The van der Waals surface area contributed by atoms with Crippen molar-refractivity contribution in [3.8, 4) is 0 Å². The van der Waals surface area contributed by atoms with Crippen LogP contribution in [-0.4, -0.2) is 27.8 Å². The highest BCUT2D eigenvalue weighted by Crippen LogP contribution is 2.20. The number of benzene rings is 1. The first-order chi connectivity index (χ1) is 10.2. The van der Waals surface area contributed by atoms with E-state index in [-0.39, 0.29) is 5.88 Å². The molecule has 1 aliphatic heterocycles. The number of fused-ring (bicyclic) bond motifs is 1. The summed E-state index contributed by atoms with van der Waals surface area (Å²) in [7, 11) is 1.35. The lowest BCUT2D eigenvalue weighted by Gasteiger charge is -2.17. The summed E-state index contributed by atoms with van der Waals surface area (Å²) in [6.45, 7) is 0.371. The number of nitrogens with zero attached hydrogens (tertiary/aromatic N) is 3. The van der Waals surface area contributed by atoms with Crippen molar-refractivity contribution >= 4 is 28.6 Å². The maximum absolute atomic E-state index is 11.7. The number of methoxy groups -OCH3 is 1. The summed E-state index contributed by atoms with van der Waals surface area (Å²) in [5, 5.41) is 1.52. The number of carbonyl (C=O) groups is 1. The molecule has 0 saturated carbocycles. The second kappa shape index (κ2) is 5.63. The fourth-order valence-electron chi connectivity index (χ4n) is 2.13. The maximum Gasteiger partial charge on any atom is 0.337 e. The highest BCUT2D eigenvalue weighted by Gasteiger charge is 2.17. The van der Waals surface area contributed by atoms with Gasteiger partial charge in [0.15, 0.2) is 0 Å². The number of hydrogen-bond acceptors (Lipinski definition) is 6. The van der Waals surface area contributed by atoms with Crippen LogP contribution >= 0.6 is 11.6 Å². The van der Waals surface area contributed by atoms with E-state index in [1.54, 1.807) is 24.4 Å². The fraction of sp³-hybridized carbons (Fsp3) is 0.231. The molecule has 0 saturated heterocycles. The summed E-state index contributed by atoms with van der Waals surface area (Å²) in [6.07, 6.45) is 3.19. The number of carbonyl (C=O) groups excluding carboxylic acids is 1. The van der Waals surface area contributed by atoms with E-state index in [2.05, 4.69) is 10.4 Å². The number of alkyl halides is 1. The third-order valence-electron chi connectivity index (χ3n) is 3.11. The van der Waals surface area contributed by atoms with Gasteiger partial charge in [-0.15, -0.1) is 11.6 Å². The molecule has 21 heavy (non-hydrogen) atoms. The first-order valence-corrected chi connectivity index (χ1v) is 6.75. The minimum Gasteiger partial charge on any atom is -0.465 e. The Morgan fingerprint density at radius 3 is 3.05 bits per heavy atom. The predicted molar refractivity (Wildman–Crippen MR) is 75.8 cm³/mol. The molecule has 0 atom stereocenters. The summed E-state index contributed by atoms with van der Waals surface area (Å²) in [5.74, 6) is 0.545. The number of imidazole rings is 1. The van der Waals surface area contributed by atoms with Crippen molar-refractivity contribution in [3.05, 3.63) is 42.0 Å². The third kappa shape index (κ3) is 2.53. The zero-order chi connectivity index (χ0) is 14.8. The van der Waals surface area contributed by atoms with Crippen LogP contribution in [0.15, 0.2) is 30.7 Å². The van der Waals surface area contributed by atoms with Crippen molar-refractivity contribution < 1.29 is 14.4 Å². The van der Waals surface area contributed by atoms with E-state index >= 15 is 0 Å². The Hall–Kier alpha value is -2.25. The Morgan fingerprint density at radius 2 is 2.38 bits per heavy atom. The van der Waals surface area contributed by atoms with Crippen molar-refractivity contribution in [2.75, 3.05) is 7.11 Å². The molecule has 0 unspecified atom stereocenters. The van der Waals surface area contributed by atoms with Crippen molar-refractivity contribution in [2.45, 2.75) is 12.5 Å². The van der Waals surface area contributed by atoms with Crippen LogP contribution in [-0.2, 0) is 22.1 Å². The molecule has 3 rings (SSSR count). The third-order valence-corrected chi connectivity index (χ3v) is 3.35. The Labute approximate surface area is 125 Å². The molecule has 0 fully saturated rings. The second-order valence-electron chi connectivity index (χ2n) is 4.34. The molecule has 1 N–H and O–H groups in total. The fourth-order valence-corrected chi connectivity index (χ4v) is 2.33. The molecular formula is C13H13ClN4O3. The topological polar surface area (TPSA) is 68.6 Å². The van der Waals surface area contributed by atoms with E-state index in [0.29, 0.717) is 18.1 Å². The number of halogens is 1. The van der Waals surface area contributed by atoms with Crippen molar-refractivity contribution in [1.82, 2.24) is 20.1 Å². The summed E-state index contributed by atoms with van der Waals surface area (Å²) in [4.78, 5) is 21.3. The Bertz CT molecular complexity index is 705. The summed E-state index contributed by atoms with van der Waals surface area (Å²) >= 11 is 5.95. The quantitative estimate of drug-likeness (QED) is 0.685. The van der Waals surface area contributed by atoms with E-state index in [1.807, 2.05) is 4.57 Å². The van der Waals surface area contributed by atoms with Gasteiger partial charge in [-0.25, -0.2) is 9.78 Å². The van der Waals surface area contributed by atoms with Gasteiger partial charge in [0.2, 0.25) is 0 Å². The van der Waals surface area contributed by atoms with Gasteiger partial charge in [-0.1, -0.05) is 0 Å². The molecule has 2 heterocycles. The van der Waals surface area contributed by atoms with Crippen molar-refractivity contribution in [2.24, 2.45) is 0 Å². The standard InChI is InChI=1S/C13H13ClN4O3/c1-20-13(19)9-2-3-10-11(6-9)17(12(7-14)16-10)8-18-15-4-5-21-18/h2-6,15H,7-8H2,1H3. The van der Waals surface area contributed by atoms with Gasteiger partial charge in [-0.3, -0.25) is 5.43 Å². The van der Waals surface area contributed by atoms with Gasteiger partial charge in [0.1, 0.15) is 18.8 Å². The molecule has 0 amide bonds. The number of hydroxylamine groups is 1. The van der Waals surface area contributed by atoms with Crippen molar-refractivity contribution in [3.63, 3.8) is 0 Å². The molecule has 110 valence electrons. The van der Waals surface area contributed by atoms with Crippen LogP contribution < -0.4 is 5.43 Å². The van der Waals surface area contributed by atoms with Crippen LogP contribution in [0.5, 0.6) is 0 Å². The van der Waals surface area contributed by atoms with Gasteiger partial charge >= 0.3 is 5.97 Å². The van der Waals surface area contributed by atoms with Crippen LogP contribution in [0.1, 0.15) is 16.2 Å². The van der Waals surface area contributed by atoms with Gasteiger partial charge in [-0.05, 0) is 23.4 Å². The summed E-state index contributed by atoms with van der Waals surface area (Å²) in [5.41, 5.74) is 4.90. The van der Waals surface area contributed by atoms with E-state index in [4.69, 9.17) is 21.2 Å². The molecule has 2 aromatic rings. The lowest BCUT2D eigenvalue weighted by atomic mass is 10.2. The van der Waals surface area contributed by atoms with Gasteiger partial charge in [0.05, 0.1) is 35.8 Å². The lowest BCUT2D eigenvalue weighted by molar-refractivity contribution is -0.137. The molecule has 7 nitrogen and oxygen atoms in total. The minimum absolute atomic E-state index is 0.253. The molecule has 1 aliphatic rings. The van der Waals surface area contributed by atoms with Crippen LogP contribution in [0.25, 0.3) is 11.0 Å². The number of nitrogens with one attached hydrogen (secondary N) is 1. The number of ether oxygens (including phenoxy) is 1. The largest absolute Gasteiger partial charge is 0.465 e. The molecule has 0 radical (unpaired) electrons. The van der Waals surface area contributed by atoms with E-state index in [1.165, 1.54) is 18.5 Å². The first kappa shape index (κ1) is 13.7. The Balaban J connectivity index is 2.03. The van der Waals surface area contributed by atoms with Crippen molar-refractivity contribution in [1.29, 1.82) is 0 Å². The van der Waals surface area contributed by atoms with Crippen LogP contribution in [0, 0.1) is 0 Å². The summed E-state index contributed by atoms with van der Waals surface area (Å²) in [6, 6.07) is 5.17. The maximum atomic E-state index is 11.7. The van der Waals surface area contributed by atoms with E-state index in [9.17, 15) is 4.79 Å². The monoisotopic (exact) mass is 308 g/mol. The Morgan fingerprint density at radius 1 is 1.52 bits per heavy atom. The number of rotatable bonds is 4. The SMILES string of the molecule is COC(=O)c1ccc2nc(CCl)n(CN3NC=CO3)c2c1.